The summed E-state index contributed by atoms with van der Waals surface area (Å²) in [5.41, 5.74) is 1.31. The largest absolute Gasteiger partial charge is 0.492 e. The molecular formula is C17H24N2O. The van der Waals surface area contributed by atoms with Crippen molar-refractivity contribution in [1.82, 2.24) is 9.88 Å². The second-order valence-corrected chi connectivity index (χ2v) is 5.38. The molecule has 2 aromatic rings. The summed E-state index contributed by atoms with van der Waals surface area (Å²) in [6.07, 6.45) is 2.11. The molecule has 0 atom stereocenters. The van der Waals surface area contributed by atoms with E-state index in [4.69, 9.17) is 4.74 Å². The Morgan fingerprint density at radius 3 is 2.65 bits per heavy atom. The molecule has 3 heteroatoms. The van der Waals surface area contributed by atoms with E-state index >= 15 is 0 Å². The Balaban J connectivity index is 1.77. The fraction of sp³-hybridized carbons (Fsp3) is 0.412. The second kappa shape index (κ2) is 7.75. The Morgan fingerprint density at radius 1 is 1.10 bits per heavy atom. The van der Waals surface area contributed by atoms with Crippen LogP contribution in [0, 0.1) is 5.92 Å². The molecule has 1 aromatic heterocycles. The van der Waals surface area contributed by atoms with Gasteiger partial charge < -0.3 is 14.6 Å². The lowest BCUT2D eigenvalue weighted by molar-refractivity contribution is 0.296. The third kappa shape index (κ3) is 4.74. The number of hydrogen-bond acceptors (Lipinski definition) is 2. The van der Waals surface area contributed by atoms with Crippen LogP contribution in [0.4, 0.5) is 0 Å². The number of nitrogens with zero attached hydrogens (tertiary/aromatic N) is 1. The van der Waals surface area contributed by atoms with Crippen LogP contribution in [0.5, 0.6) is 5.75 Å². The fourth-order valence-corrected chi connectivity index (χ4v) is 2.10. The maximum atomic E-state index is 5.74. The Morgan fingerprint density at radius 2 is 1.90 bits per heavy atom. The molecule has 108 valence electrons. The molecule has 0 unspecified atom stereocenters. The van der Waals surface area contributed by atoms with E-state index in [0.29, 0.717) is 12.5 Å². The Hall–Kier alpha value is -1.74. The van der Waals surface area contributed by atoms with Crippen LogP contribution in [0.15, 0.2) is 48.7 Å². The first-order valence-electron chi connectivity index (χ1n) is 7.28. The van der Waals surface area contributed by atoms with E-state index in [-0.39, 0.29) is 0 Å². The third-order valence-corrected chi connectivity index (χ3v) is 3.13. The molecule has 0 saturated carbocycles. The molecule has 0 aliphatic heterocycles. The summed E-state index contributed by atoms with van der Waals surface area (Å²) in [5.74, 6) is 1.61. The zero-order valence-corrected chi connectivity index (χ0v) is 12.4. The van der Waals surface area contributed by atoms with Crippen LogP contribution < -0.4 is 10.1 Å². The summed E-state index contributed by atoms with van der Waals surface area (Å²) in [6.45, 7) is 7.97. The first kappa shape index (κ1) is 14.7. The van der Waals surface area contributed by atoms with Crippen LogP contribution in [0.1, 0.15) is 19.5 Å². The lowest BCUT2D eigenvalue weighted by atomic mass is 10.2. The van der Waals surface area contributed by atoms with Gasteiger partial charge in [-0.05, 0) is 36.7 Å². The summed E-state index contributed by atoms with van der Waals surface area (Å²) in [7, 11) is 0. The van der Waals surface area contributed by atoms with Gasteiger partial charge in [0.05, 0.1) is 6.54 Å². The Labute approximate surface area is 121 Å². The number of hydrogen-bond donors (Lipinski definition) is 1. The zero-order chi connectivity index (χ0) is 14.2. The van der Waals surface area contributed by atoms with Gasteiger partial charge >= 0.3 is 0 Å². The predicted octanol–water partition coefficient (Wildman–Crippen LogP) is 3.31. The van der Waals surface area contributed by atoms with E-state index in [1.54, 1.807) is 0 Å². The molecule has 2 rings (SSSR count). The SMILES string of the molecule is CC(C)CNCc1cccn1CCOc1ccccc1. The molecule has 1 aromatic carbocycles. The molecule has 0 bridgehead atoms. The summed E-state index contributed by atoms with van der Waals surface area (Å²) >= 11 is 0. The van der Waals surface area contributed by atoms with E-state index in [1.165, 1.54) is 5.69 Å². The Bertz CT molecular complexity index is 491. The van der Waals surface area contributed by atoms with Gasteiger partial charge in [0.25, 0.3) is 0 Å². The molecule has 0 aliphatic carbocycles. The van der Waals surface area contributed by atoms with E-state index in [9.17, 15) is 0 Å². The normalized spacial score (nSPS) is 10.9. The Kier molecular flexibility index (Phi) is 5.69. The van der Waals surface area contributed by atoms with Crippen molar-refractivity contribution < 1.29 is 4.74 Å². The molecule has 1 heterocycles. The van der Waals surface area contributed by atoms with Crippen molar-refractivity contribution in [3.63, 3.8) is 0 Å². The van der Waals surface area contributed by atoms with Crippen molar-refractivity contribution in [2.45, 2.75) is 26.9 Å². The molecule has 0 aliphatic rings. The van der Waals surface area contributed by atoms with Crippen molar-refractivity contribution in [1.29, 1.82) is 0 Å². The lowest BCUT2D eigenvalue weighted by Crippen LogP contribution is -2.21. The van der Waals surface area contributed by atoms with Crippen LogP contribution in [-0.2, 0) is 13.1 Å². The molecule has 3 nitrogen and oxygen atoms in total. The van der Waals surface area contributed by atoms with Gasteiger partial charge in [-0.15, -0.1) is 0 Å². The highest BCUT2D eigenvalue weighted by Crippen LogP contribution is 2.09. The van der Waals surface area contributed by atoms with Crippen molar-refractivity contribution >= 4 is 0 Å². The van der Waals surface area contributed by atoms with E-state index in [1.807, 2.05) is 30.3 Å². The van der Waals surface area contributed by atoms with Crippen molar-refractivity contribution in [2.75, 3.05) is 13.2 Å². The molecule has 20 heavy (non-hydrogen) atoms. The van der Waals surface area contributed by atoms with Crippen molar-refractivity contribution in [3.05, 3.63) is 54.4 Å². The van der Waals surface area contributed by atoms with Gasteiger partial charge in [0.2, 0.25) is 0 Å². The second-order valence-electron chi connectivity index (χ2n) is 5.38. The van der Waals surface area contributed by atoms with Crippen LogP contribution >= 0.6 is 0 Å². The number of nitrogens with one attached hydrogen (secondary N) is 1. The molecule has 1 N–H and O–H groups in total. The molecule has 0 saturated heterocycles. The van der Waals surface area contributed by atoms with Gasteiger partial charge in [0.15, 0.2) is 0 Å². The van der Waals surface area contributed by atoms with Gasteiger partial charge in [-0.3, -0.25) is 0 Å². The maximum Gasteiger partial charge on any atom is 0.119 e. The van der Waals surface area contributed by atoms with Crippen molar-refractivity contribution in [3.8, 4) is 5.75 Å². The average Bonchev–Trinajstić information content (AvgIpc) is 2.87. The van der Waals surface area contributed by atoms with Crippen molar-refractivity contribution in [2.24, 2.45) is 5.92 Å². The summed E-state index contributed by atoms with van der Waals surface area (Å²) < 4.78 is 7.98. The first-order valence-corrected chi connectivity index (χ1v) is 7.28. The van der Waals surface area contributed by atoms with Crippen LogP contribution in [0.25, 0.3) is 0 Å². The van der Waals surface area contributed by atoms with E-state index < -0.39 is 0 Å². The quantitative estimate of drug-likeness (QED) is 0.798. The van der Waals surface area contributed by atoms with Gasteiger partial charge in [0.1, 0.15) is 12.4 Å². The van der Waals surface area contributed by atoms with E-state index in [2.05, 4.69) is 42.1 Å². The average molecular weight is 272 g/mol. The molecule has 0 fully saturated rings. The molecule has 0 spiro atoms. The summed E-state index contributed by atoms with van der Waals surface area (Å²) in [6, 6.07) is 14.2. The van der Waals surface area contributed by atoms with Gasteiger partial charge in [0, 0.05) is 18.4 Å². The molecule has 0 radical (unpaired) electrons. The standard InChI is InChI=1S/C17H24N2O/c1-15(2)13-18-14-16-7-6-10-19(16)11-12-20-17-8-4-3-5-9-17/h3-10,15,18H,11-14H2,1-2H3. The summed E-state index contributed by atoms with van der Waals surface area (Å²) in [5, 5.41) is 3.47. The van der Waals surface area contributed by atoms with Crippen LogP contribution in [-0.4, -0.2) is 17.7 Å². The monoisotopic (exact) mass is 272 g/mol. The highest BCUT2D eigenvalue weighted by molar-refractivity contribution is 5.20. The number of benzene rings is 1. The predicted molar refractivity (Wildman–Crippen MR) is 82.9 cm³/mol. The van der Waals surface area contributed by atoms with Gasteiger partial charge in [-0.25, -0.2) is 0 Å². The van der Waals surface area contributed by atoms with Crippen LogP contribution in [0.3, 0.4) is 0 Å². The van der Waals surface area contributed by atoms with Crippen LogP contribution in [0.2, 0.25) is 0 Å². The first-order chi connectivity index (χ1) is 9.75. The highest BCUT2D eigenvalue weighted by Gasteiger charge is 2.01. The number of ether oxygens (including phenoxy) is 1. The smallest absolute Gasteiger partial charge is 0.119 e. The zero-order valence-electron chi connectivity index (χ0n) is 12.4. The fourth-order valence-electron chi connectivity index (χ4n) is 2.10. The van der Waals surface area contributed by atoms with Gasteiger partial charge in [-0.2, -0.15) is 0 Å². The number of para-hydroxylation sites is 1. The highest BCUT2D eigenvalue weighted by atomic mass is 16.5. The lowest BCUT2D eigenvalue weighted by Gasteiger charge is -2.12. The number of aromatic nitrogens is 1. The topological polar surface area (TPSA) is 26.2 Å². The third-order valence-electron chi connectivity index (χ3n) is 3.13. The van der Waals surface area contributed by atoms with E-state index in [0.717, 1.165) is 25.4 Å². The molecule has 0 amide bonds. The number of rotatable bonds is 8. The summed E-state index contributed by atoms with van der Waals surface area (Å²) in [4.78, 5) is 0. The minimum absolute atomic E-state index is 0.680. The molecular weight excluding hydrogens is 248 g/mol. The minimum Gasteiger partial charge on any atom is -0.492 e. The van der Waals surface area contributed by atoms with Gasteiger partial charge in [-0.1, -0.05) is 32.0 Å². The maximum absolute atomic E-state index is 5.74. The minimum atomic E-state index is 0.680.